The molecule has 2 N–H and O–H groups in total. The van der Waals surface area contributed by atoms with Gasteiger partial charge < -0.3 is 15.5 Å². The number of nitrogens with one attached hydrogen (secondary N) is 2. The Kier molecular flexibility index (Phi) is 7.21. The Morgan fingerprint density at radius 3 is 2.57 bits per heavy atom. The van der Waals surface area contributed by atoms with Crippen molar-refractivity contribution >= 4 is 11.8 Å². The number of piperidine rings is 1. The van der Waals surface area contributed by atoms with Crippen LogP contribution in [0.5, 0.6) is 0 Å². The summed E-state index contributed by atoms with van der Waals surface area (Å²) in [7, 11) is 3.47. The predicted octanol–water partition coefficient (Wildman–Crippen LogP) is 2.75. The van der Waals surface area contributed by atoms with Crippen LogP contribution in [0.15, 0.2) is 48.5 Å². The third-order valence-electron chi connectivity index (χ3n) is 5.34. The molecule has 6 nitrogen and oxygen atoms in total. The Balaban J connectivity index is 1.65. The number of nitrogens with zero attached hydrogens (tertiary/aromatic N) is 2. The molecule has 1 aliphatic rings. The number of nitriles is 1. The van der Waals surface area contributed by atoms with Crippen LogP contribution in [0.4, 0.5) is 0 Å². The highest BCUT2D eigenvalue weighted by Gasteiger charge is 2.23. The van der Waals surface area contributed by atoms with Crippen molar-refractivity contribution in [2.75, 3.05) is 20.6 Å². The third-order valence-corrected chi connectivity index (χ3v) is 5.34. The van der Waals surface area contributed by atoms with Crippen molar-refractivity contribution < 1.29 is 9.59 Å². The molecule has 0 aliphatic carbocycles. The zero-order valence-corrected chi connectivity index (χ0v) is 17.5. The van der Waals surface area contributed by atoms with Crippen LogP contribution in [-0.2, 0) is 11.2 Å². The number of carbonyl (C=O) groups excluding carboxylic acids is 2. The molecule has 0 bridgehead atoms. The summed E-state index contributed by atoms with van der Waals surface area (Å²) in [4.78, 5) is 26.1. The van der Waals surface area contributed by atoms with E-state index in [-0.39, 0.29) is 17.9 Å². The molecule has 1 heterocycles. The van der Waals surface area contributed by atoms with Gasteiger partial charge in [0.25, 0.3) is 5.91 Å². The molecule has 0 saturated carbocycles. The maximum atomic E-state index is 12.4. The maximum Gasteiger partial charge on any atom is 0.253 e. The molecule has 30 heavy (non-hydrogen) atoms. The molecule has 0 aromatic heterocycles. The lowest BCUT2D eigenvalue weighted by Gasteiger charge is -2.23. The van der Waals surface area contributed by atoms with E-state index in [1.807, 2.05) is 48.5 Å². The molecule has 2 atom stereocenters. The van der Waals surface area contributed by atoms with Gasteiger partial charge in [0.1, 0.15) is 6.04 Å². The Hall–Kier alpha value is -3.17. The van der Waals surface area contributed by atoms with Gasteiger partial charge in [-0.05, 0) is 48.2 Å². The van der Waals surface area contributed by atoms with E-state index in [9.17, 15) is 14.9 Å². The first kappa shape index (κ1) is 21.5. The average molecular weight is 405 g/mol. The molecule has 6 heteroatoms. The fourth-order valence-electron chi connectivity index (χ4n) is 3.64. The van der Waals surface area contributed by atoms with Gasteiger partial charge in [-0.1, -0.05) is 42.8 Å². The minimum atomic E-state index is -0.562. The number of hydrogen-bond donors (Lipinski definition) is 2. The van der Waals surface area contributed by atoms with Gasteiger partial charge in [-0.25, -0.2) is 0 Å². The second kappa shape index (κ2) is 10.0. The summed E-state index contributed by atoms with van der Waals surface area (Å²) in [5.41, 5.74) is 3.58. The predicted molar refractivity (Wildman–Crippen MR) is 117 cm³/mol. The summed E-state index contributed by atoms with van der Waals surface area (Å²) < 4.78 is 0. The number of hydrogen-bond acceptors (Lipinski definition) is 4. The summed E-state index contributed by atoms with van der Waals surface area (Å²) in [5, 5.41) is 15.5. The third kappa shape index (κ3) is 5.46. The van der Waals surface area contributed by atoms with Gasteiger partial charge in [-0.3, -0.25) is 9.59 Å². The van der Waals surface area contributed by atoms with E-state index in [2.05, 4.69) is 16.7 Å². The standard InChI is InChI=1S/C24H28N4O2/c1-28(2)24(30)20-7-5-6-19(15-20)18-11-9-17(10-12-18)14-21(16-25)27-23(29)22-8-3-4-13-26-22/h5-7,9-12,15,21-22,26H,3-4,8,13-14H2,1-2H3,(H,27,29)/t21-,22?/m0/s1. The van der Waals surface area contributed by atoms with Crippen LogP contribution in [0.1, 0.15) is 35.2 Å². The van der Waals surface area contributed by atoms with E-state index in [1.54, 1.807) is 19.0 Å². The first-order valence-electron chi connectivity index (χ1n) is 10.3. The van der Waals surface area contributed by atoms with Gasteiger partial charge in [0, 0.05) is 26.1 Å². The highest BCUT2D eigenvalue weighted by molar-refractivity contribution is 5.95. The van der Waals surface area contributed by atoms with E-state index in [0.29, 0.717) is 12.0 Å². The van der Waals surface area contributed by atoms with Crippen LogP contribution < -0.4 is 10.6 Å². The highest BCUT2D eigenvalue weighted by atomic mass is 16.2. The minimum absolute atomic E-state index is 0.0338. The van der Waals surface area contributed by atoms with Crippen molar-refractivity contribution in [1.29, 1.82) is 5.26 Å². The Morgan fingerprint density at radius 2 is 1.93 bits per heavy atom. The zero-order chi connectivity index (χ0) is 21.5. The van der Waals surface area contributed by atoms with Crippen LogP contribution >= 0.6 is 0 Å². The summed E-state index contributed by atoms with van der Waals surface area (Å²) in [6, 6.07) is 16.9. The number of rotatable bonds is 6. The number of benzene rings is 2. The van der Waals surface area contributed by atoms with Gasteiger partial charge >= 0.3 is 0 Å². The fourth-order valence-corrected chi connectivity index (χ4v) is 3.64. The minimum Gasteiger partial charge on any atom is -0.345 e. The fraction of sp³-hybridized carbons (Fsp3) is 0.375. The molecule has 2 amide bonds. The molecule has 1 saturated heterocycles. The van der Waals surface area contributed by atoms with Gasteiger partial charge in [0.15, 0.2) is 0 Å². The maximum absolute atomic E-state index is 12.4. The van der Waals surface area contributed by atoms with Gasteiger partial charge in [-0.2, -0.15) is 5.26 Å². The van der Waals surface area contributed by atoms with E-state index >= 15 is 0 Å². The SMILES string of the molecule is CN(C)C(=O)c1cccc(-c2ccc(C[C@@H](C#N)NC(=O)C3CCCCN3)cc2)c1. The number of amides is 2. The van der Waals surface area contributed by atoms with Crippen LogP contribution in [0.2, 0.25) is 0 Å². The van der Waals surface area contributed by atoms with E-state index in [4.69, 9.17) is 0 Å². The van der Waals surface area contributed by atoms with Gasteiger partial charge in [-0.15, -0.1) is 0 Å². The van der Waals surface area contributed by atoms with Crippen molar-refractivity contribution in [3.8, 4) is 17.2 Å². The van der Waals surface area contributed by atoms with Gasteiger partial charge in [0.05, 0.1) is 12.1 Å². The highest BCUT2D eigenvalue weighted by Crippen LogP contribution is 2.22. The molecule has 3 rings (SSSR count). The molecule has 2 aromatic carbocycles. The molecule has 0 radical (unpaired) electrons. The van der Waals surface area contributed by atoms with Gasteiger partial charge in [0.2, 0.25) is 5.91 Å². The van der Waals surface area contributed by atoms with E-state index in [1.165, 1.54) is 0 Å². The molecule has 1 unspecified atom stereocenters. The largest absolute Gasteiger partial charge is 0.345 e. The lowest BCUT2D eigenvalue weighted by molar-refractivity contribution is -0.124. The average Bonchev–Trinajstić information content (AvgIpc) is 2.79. The van der Waals surface area contributed by atoms with E-state index < -0.39 is 6.04 Å². The monoisotopic (exact) mass is 404 g/mol. The lowest BCUT2D eigenvalue weighted by atomic mass is 9.99. The normalized spacial score (nSPS) is 16.9. The zero-order valence-electron chi connectivity index (χ0n) is 17.5. The smallest absolute Gasteiger partial charge is 0.253 e. The molecule has 1 aliphatic heterocycles. The molecule has 0 spiro atoms. The summed E-state index contributed by atoms with van der Waals surface area (Å²) in [6.45, 7) is 0.845. The van der Waals surface area contributed by atoms with Crippen LogP contribution in [0, 0.1) is 11.3 Å². The van der Waals surface area contributed by atoms with Crippen molar-refractivity contribution in [1.82, 2.24) is 15.5 Å². The summed E-state index contributed by atoms with van der Waals surface area (Å²) in [6.07, 6.45) is 3.39. The Bertz CT molecular complexity index is 925. The second-order valence-corrected chi connectivity index (χ2v) is 7.87. The molecule has 1 fully saturated rings. The van der Waals surface area contributed by atoms with E-state index in [0.717, 1.165) is 42.5 Å². The Morgan fingerprint density at radius 1 is 1.17 bits per heavy atom. The van der Waals surface area contributed by atoms with Crippen LogP contribution in [0.3, 0.4) is 0 Å². The Labute approximate surface area is 177 Å². The second-order valence-electron chi connectivity index (χ2n) is 7.87. The first-order chi connectivity index (χ1) is 14.5. The van der Waals surface area contributed by atoms with Crippen LogP contribution in [0.25, 0.3) is 11.1 Å². The summed E-state index contributed by atoms with van der Waals surface area (Å²) in [5.74, 6) is -0.131. The molecule has 2 aromatic rings. The lowest BCUT2D eigenvalue weighted by Crippen LogP contribution is -2.49. The molecular formula is C24H28N4O2. The van der Waals surface area contributed by atoms with Crippen molar-refractivity contribution in [3.05, 3.63) is 59.7 Å². The van der Waals surface area contributed by atoms with Crippen LogP contribution in [-0.4, -0.2) is 49.4 Å². The van der Waals surface area contributed by atoms with Crippen molar-refractivity contribution in [2.24, 2.45) is 0 Å². The van der Waals surface area contributed by atoms with Crippen molar-refractivity contribution in [3.63, 3.8) is 0 Å². The quantitative estimate of drug-likeness (QED) is 0.775. The number of carbonyl (C=O) groups is 2. The van der Waals surface area contributed by atoms with Crippen molar-refractivity contribution in [2.45, 2.75) is 37.8 Å². The molecule has 156 valence electrons. The first-order valence-corrected chi connectivity index (χ1v) is 10.3. The molecular weight excluding hydrogens is 376 g/mol. The summed E-state index contributed by atoms with van der Waals surface area (Å²) >= 11 is 0. The topological polar surface area (TPSA) is 85.2 Å².